The third-order valence-corrected chi connectivity index (χ3v) is 5.73. The summed E-state index contributed by atoms with van der Waals surface area (Å²) in [6.45, 7) is 2.24. The molecule has 146 valence electrons. The first kappa shape index (κ1) is 19.1. The Bertz CT molecular complexity index is 956. The third-order valence-electron chi connectivity index (χ3n) is 4.51. The fraction of sp³-hybridized carbons (Fsp3) is 0.300. The third kappa shape index (κ3) is 4.96. The molecule has 2 aromatic carbocycles. The number of benzene rings is 2. The average Bonchev–Trinajstić information content (AvgIpc) is 3.03. The summed E-state index contributed by atoms with van der Waals surface area (Å²) in [4.78, 5) is 2.18. The van der Waals surface area contributed by atoms with Gasteiger partial charge in [-0.1, -0.05) is 29.5 Å². The van der Waals surface area contributed by atoms with Crippen LogP contribution in [0.5, 0.6) is 11.5 Å². The van der Waals surface area contributed by atoms with Crippen molar-refractivity contribution in [2.24, 2.45) is 0 Å². The number of aromatic nitrogens is 2. The minimum atomic E-state index is -0.254. The van der Waals surface area contributed by atoms with Crippen LogP contribution in [0.25, 0.3) is 0 Å². The molecule has 8 heteroatoms. The number of piperidine rings is 1. The van der Waals surface area contributed by atoms with Crippen LogP contribution in [0.3, 0.4) is 0 Å². The van der Waals surface area contributed by atoms with Crippen LogP contribution in [0, 0.1) is 3.95 Å². The minimum Gasteiger partial charge on any atom is -0.457 e. The lowest BCUT2D eigenvalue weighted by Crippen LogP contribution is -2.39. The lowest BCUT2D eigenvalue weighted by molar-refractivity contribution is 0.0516. The standard InChI is InChI=1S/C20H22N4O2S2/c25-16-5-4-12-23(13-16)14-24-20(27)28-19(22-24)21-15-8-10-18(11-9-15)26-17-6-2-1-3-7-17/h1-3,6-11,16,25H,4-5,12-14H2,(H,21,22)/t16-/m1/s1. The molecule has 0 spiro atoms. The predicted octanol–water partition coefficient (Wildman–Crippen LogP) is 4.62. The first-order valence-corrected chi connectivity index (χ1v) is 10.5. The molecule has 6 nitrogen and oxygen atoms in total. The summed E-state index contributed by atoms with van der Waals surface area (Å²) < 4.78 is 8.34. The SMILES string of the molecule is O[C@@H]1CCCN(Cn2nc(Nc3ccc(Oc4ccccc4)cc3)sc2=S)C1. The number of para-hydroxylation sites is 1. The van der Waals surface area contributed by atoms with Gasteiger partial charge in [0.05, 0.1) is 12.8 Å². The zero-order valence-electron chi connectivity index (χ0n) is 15.3. The number of anilines is 2. The number of nitrogens with one attached hydrogen (secondary N) is 1. The summed E-state index contributed by atoms with van der Waals surface area (Å²) in [5, 5.41) is 18.5. The Labute approximate surface area is 173 Å². The van der Waals surface area contributed by atoms with E-state index in [9.17, 15) is 5.11 Å². The lowest BCUT2D eigenvalue weighted by Gasteiger charge is -2.29. The van der Waals surface area contributed by atoms with E-state index in [1.54, 1.807) is 0 Å². The van der Waals surface area contributed by atoms with Gasteiger partial charge in [-0.05, 0) is 61.5 Å². The molecule has 0 saturated carbocycles. The Kier molecular flexibility index (Phi) is 6.01. The van der Waals surface area contributed by atoms with E-state index >= 15 is 0 Å². The Morgan fingerprint density at radius 1 is 1.14 bits per heavy atom. The van der Waals surface area contributed by atoms with Gasteiger partial charge in [-0.2, -0.15) is 0 Å². The summed E-state index contributed by atoms with van der Waals surface area (Å²) in [5.74, 6) is 1.58. The van der Waals surface area contributed by atoms with E-state index in [-0.39, 0.29) is 6.10 Å². The highest BCUT2D eigenvalue weighted by molar-refractivity contribution is 7.73. The molecule has 1 atom stereocenters. The van der Waals surface area contributed by atoms with Gasteiger partial charge in [-0.3, -0.25) is 4.90 Å². The molecular weight excluding hydrogens is 392 g/mol. The van der Waals surface area contributed by atoms with Gasteiger partial charge in [0, 0.05) is 18.8 Å². The van der Waals surface area contributed by atoms with Crippen molar-refractivity contribution < 1.29 is 9.84 Å². The maximum absolute atomic E-state index is 9.83. The van der Waals surface area contributed by atoms with Crippen LogP contribution in [-0.2, 0) is 6.67 Å². The van der Waals surface area contributed by atoms with Crippen LogP contribution >= 0.6 is 23.6 Å². The Balaban J connectivity index is 1.38. The molecule has 2 N–H and O–H groups in total. The van der Waals surface area contributed by atoms with Crippen LogP contribution < -0.4 is 10.1 Å². The molecule has 0 unspecified atom stereocenters. The molecular formula is C20H22N4O2S2. The molecule has 1 aromatic heterocycles. The normalized spacial score (nSPS) is 17.4. The number of ether oxygens (including phenoxy) is 1. The summed E-state index contributed by atoms with van der Waals surface area (Å²) >= 11 is 6.89. The van der Waals surface area contributed by atoms with Crippen LogP contribution in [0.2, 0.25) is 0 Å². The van der Waals surface area contributed by atoms with E-state index < -0.39 is 0 Å². The second-order valence-electron chi connectivity index (χ2n) is 6.75. The highest BCUT2D eigenvalue weighted by Crippen LogP contribution is 2.25. The fourth-order valence-corrected chi connectivity index (χ4v) is 4.16. The molecule has 4 rings (SSSR count). The first-order chi connectivity index (χ1) is 13.7. The number of hydrogen-bond donors (Lipinski definition) is 2. The highest BCUT2D eigenvalue weighted by Gasteiger charge is 2.18. The molecule has 28 heavy (non-hydrogen) atoms. The van der Waals surface area contributed by atoms with E-state index in [2.05, 4.69) is 15.3 Å². The van der Waals surface area contributed by atoms with Gasteiger partial charge in [0.1, 0.15) is 11.5 Å². The van der Waals surface area contributed by atoms with Gasteiger partial charge in [-0.25, -0.2) is 4.68 Å². The molecule has 1 fully saturated rings. The zero-order chi connectivity index (χ0) is 19.3. The Hall–Kier alpha value is -2.26. The number of rotatable bonds is 6. The van der Waals surface area contributed by atoms with Crippen molar-refractivity contribution in [3.05, 3.63) is 58.6 Å². The average molecular weight is 415 g/mol. The molecule has 3 aromatic rings. The molecule has 0 bridgehead atoms. The zero-order valence-corrected chi connectivity index (χ0v) is 17.0. The van der Waals surface area contributed by atoms with Crippen LogP contribution in [-0.4, -0.2) is 39.0 Å². The number of nitrogens with zero attached hydrogens (tertiary/aromatic N) is 3. The van der Waals surface area contributed by atoms with Gasteiger partial charge < -0.3 is 15.2 Å². The molecule has 2 heterocycles. The first-order valence-electron chi connectivity index (χ1n) is 9.24. The van der Waals surface area contributed by atoms with Crippen LogP contribution in [0.1, 0.15) is 12.8 Å². The molecule has 0 amide bonds. The van der Waals surface area contributed by atoms with Crippen LogP contribution in [0.15, 0.2) is 54.6 Å². The van der Waals surface area contributed by atoms with E-state index in [0.717, 1.165) is 41.7 Å². The van der Waals surface area contributed by atoms with Crippen molar-refractivity contribution in [2.45, 2.75) is 25.6 Å². The summed E-state index contributed by atoms with van der Waals surface area (Å²) in [6, 6.07) is 17.4. The number of aliphatic hydroxyl groups excluding tert-OH is 1. The maximum atomic E-state index is 9.83. The topological polar surface area (TPSA) is 62.5 Å². The number of likely N-dealkylation sites (tertiary alicyclic amines) is 1. The van der Waals surface area contributed by atoms with E-state index in [0.29, 0.717) is 17.2 Å². The van der Waals surface area contributed by atoms with E-state index in [4.69, 9.17) is 17.0 Å². The fourth-order valence-electron chi connectivity index (χ4n) is 3.15. The summed E-state index contributed by atoms with van der Waals surface area (Å²) in [7, 11) is 0. The van der Waals surface area contributed by atoms with Crippen LogP contribution in [0.4, 0.5) is 10.8 Å². The van der Waals surface area contributed by atoms with Crippen molar-refractivity contribution >= 4 is 34.4 Å². The monoisotopic (exact) mass is 414 g/mol. The van der Waals surface area contributed by atoms with Gasteiger partial charge >= 0.3 is 0 Å². The largest absolute Gasteiger partial charge is 0.457 e. The number of aliphatic hydroxyl groups is 1. The highest BCUT2D eigenvalue weighted by atomic mass is 32.1. The van der Waals surface area contributed by atoms with E-state index in [1.165, 1.54) is 11.3 Å². The summed E-state index contributed by atoms with van der Waals surface area (Å²) in [5.41, 5.74) is 0.921. The van der Waals surface area contributed by atoms with Gasteiger partial charge in [0.2, 0.25) is 5.13 Å². The van der Waals surface area contributed by atoms with Crippen molar-refractivity contribution in [1.29, 1.82) is 0 Å². The maximum Gasteiger partial charge on any atom is 0.209 e. The molecule has 0 aliphatic carbocycles. The van der Waals surface area contributed by atoms with Gasteiger partial charge in [0.15, 0.2) is 3.95 Å². The quantitative estimate of drug-likeness (QED) is 0.574. The second kappa shape index (κ2) is 8.83. The van der Waals surface area contributed by atoms with E-state index in [1.807, 2.05) is 59.3 Å². The molecule has 1 saturated heterocycles. The summed E-state index contributed by atoms with van der Waals surface area (Å²) in [6.07, 6.45) is 1.62. The number of β-amino-alcohol motifs (C(OH)–C–C–N with tert-alkyl or cyclic N) is 1. The molecule has 1 aliphatic rings. The van der Waals surface area contributed by atoms with Crippen molar-refractivity contribution in [3.63, 3.8) is 0 Å². The van der Waals surface area contributed by atoms with Crippen molar-refractivity contribution in [2.75, 3.05) is 18.4 Å². The number of hydrogen-bond acceptors (Lipinski definition) is 7. The van der Waals surface area contributed by atoms with Crippen molar-refractivity contribution in [1.82, 2.24) is 14.7 Å². The smallest absolute Gasteiger partial charge is 0.209 e. The second-order valence-corrected chi connectivity index (χ2v) is 8.37. The van der Waals surface area contributed by atoms with Gasteiger partial charge in [-0.15, -0.1) is 5.10 Å². The predicted molar refractivity (Wildman–Crippen MR) is 114 cm³/mol. The Morgan fingerprint density at radius 2 is 1.89 bits per heavy atom. The molecule has 1 aliphatic heterocycles. The lowest BCUT2D eigenvalue weighted by atomic mass is 10.1. The van der Waals surface area contributed by atoms with Crippen molar-refractivity contribution in [3.8, 4) is 11.5 Å². The Morgan fingerprint density at radius 3 is 2.64 bits per heavy atom. The molecule has 0 radical (unpaired) electrons. The van der Waals surface area contributed by atoms with Gasteiger partial charge in [0.25, 0.3) is 0 Å². The minimum absolute atomic E-state index is 0.254.